The number of carbonyl (C=O) groups excluding carboxylic acids is 1. The lowest BCUT2D eigenvalue weighted by Gasteiger charge is -2.18. The molecule has 208 valence electrons. The first kappa shape index (κ1) is 28.6. The summed E-state index contributed by atoms with van der Waals surface area (Å²) in [6.45, 7) is 6.32. The molecular weight excluding hydrogens is 516 g/mol. The number of carbonyl (C=O) groups is 1. The number of para-hydroxylation sites is 1. The molecule has 3 aromatic rings. The van der Waals surface area contributed by atoms with Gasteiger partial charge in [-0.15, -0.1) is 0 Å². The summed E-state index contributed by atoms with van der Waals surface area (Å²) in [7, 11) is 3.39. The SMILES string of the molecule is CCCCNC(=O)c1ccccc1Nc1nc(Nc2cc3c(cc2OC)CCN(CCOC)CC3)ncc1Cl. The third-order valence-electron chi connectivity index (χ3n) is 6.76. The number of benzene rings is 2. The highest BCUT2D eigenvalue weighted by Crippen LogP contribution is 2.33. The number of nitrogens with one attached hydrogen (secondary N) is 3. The van der Waals surface area contributed by atoms with Gasteiger partial charge in [-0.1, -0.05) is 37.1 Å². The van der Waals surface area contributed by atoms with Gasteiger partial charge in [0.1, 0.15) is 10.8 Å². The van der Waals surface area contributed by atoms with E-state index >= 15 is 0 Å². The number of rotatable bonds is 12. The van der Waals surface area contributed by atoms with Crippen molar-refractivity contribution in [1.82, 2.24) is 20.2 Å². The predicted octanol–water partition coefficient (Wildman–Crippen LogP) is 5.20. The van der Waals surface area contributed by atoms with Crippen LogP contribution < -0.4 is 20.7 Å². The van der Waals surface area contributed by atoms with E-state index in [4.69, 9.17) is 21.1 Å². The number of hydrogen-bond acceptors (Lipinski definition) is 8. The van der Waals surface area contributed by atoms with Gasteiger partial charge in [0.15, 0.2) is 5.82 Å². The molecule has 0 fully saturated rings. The molecule has 1 aliphatic heterocycles. The smallest absolute Gasteiger partial charge is 0.253 e. The second-order valence-corrected chi connectivity index (χ2v) is 9.86. The van der Waals surface area contributed by atoms with E-state index in [1.807, 2.05) is 18.2 Å². The minimum atomic E-state index is -0.148. The molecule has 0 aliphatic carbocycles. The van der Waals surface area contributed by atoms with Crippen LogP contribution in [0.1, 0.15) is 41.3 Å². The molecule has 0 saturated heterocycles. The molecule has 2 heterocycles. The second kappa shape index (κ2) is 14.1. The summed E-state index contributed by atoms with van der Waals surface area (Å²) in [6, 6.07) is 11.5. The quantitative estimate of drug-likeness (QED) is 0.264. The highest BCUT2D eigenvalue weighted by Gasteiger charge is 2.18. The van der Waals surface area contributed by atoms with Crippen LogP contribution in [0.15, 0.2) is 42.6 Å². The summed E-state index contributed by atoms with van der Waals surface area (Å²) in [6.07, 6.45) is 5.35. The highest BCUT2D eigenvalue weighted by atomic mass is 35.5. The van der Waals surface area contributed by atoms with Gasteiger partial charge in [-0.25, -0.2) is 4.98 Å². The maximum Gasteiger partial charge on any atom is 0.253 e. The van der Waals surface area contributed by atoms with Crippen molar-refractivity contribution in [3.8, 4) is 5.75 Å². The highest BCUT2D eigenvalue weighted by molar-refractivity contribution is 6.33. The molecule has 39 heavy (non-hydrogen) atoms. The maximum absolute atomic E-state index is 12.8. The molecule has 1 aliphatic rings. The van der Waals surface area contributed by atoms with E-state index < -0.39 is 0 Å². The zero-order valence-corrected chi connectivity index (χ0v) is 23.6. The predicted molar refractivity (Wildman–Crippen MR) is 156 cm³/mol. The number of ether oxygens (including phenoxy) is 2. The van der Waals surface area contributed by atoms with Crippen molar-refractivity contribution in [3.05, 3.63) is 64.3 Å². The van der Waals surface area contributed by atoms with Crippen LogP contribution in [-0.2, 0) is 17.6 Å². The first-order valence-corrected chi connectivity index (χ1v) is 13.7. The van der Waals surface area contributed by atoms with Crippen molar-refractivity contribution < 1.29 is 14.3 Å². The molecule has 2 aromatic carbocycles. The first-order valence-electron chi connectivity index (χ1n) is 13.4. The zero-order chi connectivity index (χ0) is 27.6. The van der Waals surface area contributed by atoms with Gasteiger partial charge >= 0.3 is 0 Å². The van der Waals surface area contributed by atoms with Crippen LogP contribution in [0.4, 0.5) is 23.1 Å². The number of halogens is 1. The molecular formula is C29H37ClN6O3. The van der Waals surface area contributed by atoms with E-state index in [2.05, 4.69) is 49.9 Å². The van der Waals surface area contributed by atoms with Crippen molar-refractivity contribution in [1.29, 1.82) is 0 Å². The van der Waals surface area contributed by atoms with Crippen LogP contribution in [-0.4, -0.2) is 67.8 Å². The van der Waals surface area contributed by atoms with Crippen LogP contribution >= 0.6 is 11.6 Å². The van der Waals surface area contributed by atoms with Crippen molar-refractivity contribution in [3.63, 3.8) is 0 Å². The van der Waals surface area contributed by atoms with E-state index in [1.165, 1.54) is 17.3 Å². The lowest BCUT2D eigenvalue weighted by molar-refractivity contribution is 0.0954. The number of unbranched alkanes of at least 4 members (excludes halogenated alkanes) is 1. The third-order valence-corrected chi connectivity index (χ3v) is 7.04. The van der Waals surface area contributed by atoms with Crippen LogP contribution in [0.3, 0.4) is 0 Å². The number of methoxy groups -OCH3 is 2. The number of aromatic nitrogens is 2. The monoisotopic (exact) mass is 552 g/mol. The zero-order valence-electron chi connectivity index (χ0n) is 22.8. The van der Waals surface area contributed by atoms with E-state index in [0.717, 1.165) is 63.4 Å². The third kappa shape index (κ3) is 7.59. The maximum atomic E-state index is 12.8. The molecule has 0 radical (unpaired) electrons. The molecule has 3 N–H and O–H groups in total. The Kier molecular flexibility index (Phi) is 10.4. The van der Waals surface area contributed by atoms with Gasteiger partial charge in [-0.3, -0.25) is 4.79 Å². The summed E-state index contributed by atoms with van der Waals surface area (Å²) >= 11 is 6.45. The molecule has 10 heteroatoms. The Balaban J connectivity index is 1.53. The Morgan fingerprint density at radius 2 is 1.85 bits per heavy atom. The van der Waals surface area contributed by atoms with Gasteiger partial charge in [-0.05, 0) is 54.7 Å². The van der Waals surface area contributed by atoms with Crippen LogP contribution in [0.25, 0.3) is 0 Å². The molecule has 9 nitrogen and oxygen atoms in total. The number of hydrogen-bond donors (Lipinski definition) is 3. The Bertz CT molecular complexity index is 1270. The van der Waals surface area contributed by atoms with Gasteiger partial charge in [0, 0.05) is 33.3 Å². The van der Waals surface area contributed by atoms with Gasteiger partial charge < -0.3 is 30.3 Å². The fraction of sp³-hybridized carbons (Fsp3) is 0.414. The largest absolute Gasteiger partial charge is 0.495 e. The number of anilines is 4. The van der Waals surface area contributed by atoms with E-state index in [1.54, 1.807) is 20.3 Å². The lowest BCUT2D eigenvalue weighted by atomic mass is 10.0. The van der Waals surface area contributed by atoms with Crippen LogP contribution in [0.2, 0.25) is 5.02 Å². The second-order valence-electron chi connectivity index (χ2n) is 9.45. The molecule has 4 rings (SSSR count). The molecule has 1 aromatic heterocycles. The van der Waals surface area contributed by atoms with Gasteiger partial charge in [0.2, 0.25) is 5.95 Å². The fourth-order valence-electron chi connectivity index (χ4n) is 4.54. The summed E-state index contributed by atoms with van der Waals surface area (Å²) in [5.74, 6) is 1.33. The average Bonchev–Trinajstić information content (AvgIpc) is 3.15. The molecule has 0 spiro atoms. The summed E-state index contributed by atoms with van der Waals surface area (Å²) in [4.78, 5) is 24.2. The van der Waals surface area contributed by atoms with E-state index in [0.29, 0.717) is 34.6 Å². The van der Waals surface area contributed by atoms with Crippen molar-refractivity contribution in [2.45, 2.75) is 32.6 Å². The Morgan fingerprint density at radius 3 is 2.59 bits per heavy atom. The fourth-order valence-corrected chi connectivity index (χ4v) is 4.68. The Hall–Kier alpha value is -3.40. The first-order chi connectivity index (χ1) is 19.0. The summed E-state index contributed by atoms with van der Waals surface area (Å²) in [5, 5.41) is 9.82. The van der Waals surface area contributed by atoms with Crippen molar-refractivity contribution in [2.75, 3.05) is 57.6 Å². The minimum Gasteiger partial charge on any atom is -0.495 e. The summed E-state index contributed by atoms with van der Waals surface area (Å²) < 4.78 is 11.0. The molecule has 1 amide bonds. The average molecular weight is 553 g/mol. The Labute approximate surface area is 235 Å². The topological polar surface area (TPSA) is 101 Å². The molecule has 0 saturated carbocycles. The number of amides is 1. The van der Waals surface area contributed by atoms with E-state index in [9.17, 15) is 4.79 Å². The van der Waals surface area contributed by atoms with Crippen LogP contribution in [0.5, 0.6) is 5.75 Å². The lowest BCUT2D eigenvalue weighted by Crippen LogP contribution is -2.29. The Morgan fingerprint density at radius 1 is 1.08 bits per heavy atom. The molecule has 0 bridgehead atoms. The van der Waals surface area contributed by atoms with Gasteiger partial charge in [0.05, 0.1) is 36.9 Å². The van der Waals surface area contributed by atoms with Crippen LogP contribution in [0, 0.1) is 0 Å². The summed E-state index contributed by atoms with van der Waals surface area (Å²) in [5.41, 5.74) is 4.47. The van der Waals surface area contributed by atoms with Crippen molar-refractivity contribution >= 4 is 40.6 Å². The normalized spacial score (nSPS) is 13.3. The van der Waals surface area contributed by atoms with E-state index in [-0.39, 0.29) is 5.91 Å². The minimum absolute atomic E-state index is 0.148. The molecule has 0 unspecified atom stereocenters. The van der Waals surface area contributed by atoms with Gasteiger partial charge in [-0.2, -0.15) is 4.98 Å². The van der Waals surface area contributed by atoms with Gasteiger partial charge in [0.25, 0.3) is 5.91 Å². The standard InChI is InChI=1S/C29H37ClN6O3/c1-4-5-12-31-28(37)22-8-6-7-9-24(22)33-27-23(30)19-32-29(35-27)34-25-17-20-10-13-36(15-16-38-2)14-11-21(20)18-26(25)39-3/h6-9,17-19H,4-5,10-16H2,1-3H3,(H,31,37)(H2,32,33,34,35). The number of nitrogens with zero attached hydrogens (tertiary/aromatic N) is 3. The number of fused-ring (bicyclic) bond motifs is 1. The molecule has 0 atom stereocenters. The van der Waals surface area contributed by atoms with Crippen molar-refractivity contribution in [2.24, 2.45) is 0 Å².